The van der Waals surface area contributed by atoms with Crippen LogP contribution in [0.3, 0.4) is 0 Å². The largest absolute Gasteiger partial charge is 0.354 e. The van der Waals surface area contributed by atoms with Gasteiger partial charge in [-0.1, -0.05) is 26.8 Å². The van der Waals surface area contributed by atoms with Gasteiger partial charge in [0.25, 0.3) is 0 Å². The topological polar surface area (TPSA) is 36.1 Å². The molecule has 0 aromatic carbocycles. The number of anilines is 1. The Balaban J connectivity index is 2.52. The Bertz CT molecular complexity index is 571. The number of likely N-dealkylation sites (N-methyl/N-ethyl adjacent to an activating group) is 1. The molecule has 2 heterocycles. The summed E-state index contributed by atoms with van der Waals surface area (Å²) in [5.41, 5.74) is 2.12. The highest BCUT2D eigenvalue weighted by Crippen LogP contribution is 2.22. The van der Waals surface area contributed by atoms with E-state index in [1.165, 1.54) is 5.56 Å². The molecule has 0 bridgehead atoms. The quantitative estimate of drug-likeness (QED) is 0.774. The van der Waals surface area contributed by atoms with Crippen LogP contribution in [0.4, 0.5) is 5.82 Å². The van der Waals surface area contributed by atoms with E-state index < -0.39 is 0 Å². The predicted molar refractivity (Wildman–Crippen MR) is 89.3 cm³/mol. The van der Waals surface area contributed by atoms with Crippen molar-refractivity contribution in [3.63, 3.8) is 0 Å². The second-order valence-electron chi connectivity index (χ2n) is 6.65. The van der Waals surface area contributed by atoms with E-state index in [-0.39, 0.29) is 5.41 Å². The van der Waals surface area contributed by atoms with Crippen molar-refractivity contribution in [1.29, 1.82) is 0 Å². The summed E-state index contributed by atoms with van der Waals surface area (Å²) in [6.45, 7) is 14.5. The Kier molecular flexibility index (Phi) is 4.52. The highest BCUT2D eigenvalue weighted by molar-refractivity contribution is 5.44. The van der Waals surface area contributed by atoms with Crippen molar-refractivity contribution in [2.24, 2.45) is 10.1 Å². The summed E-state index contributed by atoms with van der Waals surface area (Å²) in [5, 5.41) is 4.23. The van der Waals surface area contributed by atoms with Crippen LogP contribution in [0.5, 0.6) is 0 Å². The predicted octanol–water partition coefficient (Wildman–Crippen LogP) is 1.53. The molecule has 0 amide bonds. The SMILES string of the molecule is C=Nn1c(N2CCN(C)CC2)ccc(C(C)(C)C)/c1=N/C. The fraction of sp³-hybridized carbons (Fsp3) is 0.625. The molecular formula is C16H27N5. The fourth-order valence-electron chi connectivity index (χ4n) is 2.74. The summed E-state index contributed by atoms with van der Waals surface area (Å²) in [4.78, 5) is 9.17. The van der Waals surface area contributed by atoms with E-state index in [0.29, 0.717) is 0 Å². The van der Waals surface area contributed by atoms with Crippen LogP contribution in [-0.2, 0) is 5.41 Å². The van der Waals surface area contributed by atoms with Crippen molar-refractivity contribution in [2.45, 2.75) is 26.2 Å². The number of nitrogens with zero attached hydrogens (tertiary/aromatic N) is 5. The lowest BCUT2D eigenvalue weighted by atomic mass is 9.88. The van der Waals surface area contributed by atoms with Gasteiger partial charge in [-0.3, -0.25) is 4.99 Å². The maximum absolute atomic E-state index is 4.47. The van der Waals surface area contributed by atoms with Crippen molar-refractivity contribution in [1.82, 2.24) is 9.58 Å². The van der Waals surface area contributed by atoms with Gasteiger partial charge < -0.3 is 9.80 Å². The first-order chi connectivity index (χ1) is 9.88. The molecular weight excluding hydrogens is 262 g/mol. The second kappa shape index (κ2) is 6.02. The number of hydrogen-bond donors (Lipinski definition) is 0. The first-order valence-corrected chi connectivity index (χ1v) is 7.48. The Labute approximate surface area is 127 Å². The minimum atomic E-state index is 0.0297. The van der Waals surface area contributed by atoms with Crippen molar-refractivity contribution < 1.29 is 0 Å². The molecule has 0 radical (unpaired) electrons. The van der Waals surface area contributed by atoms with Gasteiger partial charge in [-0.2, -0.15) is 9.78 Å². The number of hydrogen-bond acceptors (Lipinski definition) is 4. The molecule has 1 aromatic heterocycles. The van der Waals surface area contributed by atoms with Gasteiger partial charge in [-0.25, -0.2) is 0 Å². The minimum absolute atomic E-state index is 0.0297. The molecule has 0 spiro atoms. The zero-order valence-electron chi connectivity index (χ0n) is 13.9. The van der Waals surface area contributed by atoms with Gasteiger partial charge in [0.1, 0.15) is 5.82 Å². The fourth-order valence-corrected chi connectivity index (χ4v) is 2.74. The lowest BCUT2D eigenvalue weighted by Crippen LogP contribution is -2.46. The summed E-state index contributed by atoms with van der Waals surface area (Å²) in [6.07, 6.45) is 0. The van der Waals surface area contributed by atoms with Gasteiger partial charge in [0.2, 0.25) is 0 Å². The number of aromatic nitrogens is 1. The van der Waals surface area contributed by atoms with Crippen LogP contribution in [0, 0.1) is 0 Å². The van der Waals surface area contributed by atoms with Gasteiger partial charge in [0.05, 0.1) is 0 Å². The first kappa shape index (κ1) is 15.8. The standard InChI is InChI=1S/C16H27N5/c1-16(2,3)13-7-8-14(21(18-5)15(13)17-4)20-11-9-19(6)10-12-20/h7-8H,5,9-12H2,1-4,6H3/b17-15-. The molecule has 0 unspecified atom stereocenters. The molecule has 0 aliphatic carbocycles. The summed E-state index contributed by atoms with van der Waals surface area (Å²) in [6, 6.07) is 4.33. The maximum atomic E-state index is 4.47. The van der Waals surface area contributed by atoms with E-state index in [1.54, 1.807) is 0 Å². The third-order valence-electron chi connectivity index (χ3n) is 4.05. The molecule has 0 N–H and O–H groups in total. The maximum Gasteiger partial charge on any atom is 0.154 e. The van der Waals surface area contributed by atoms with Crippen LogP contribution in [-0.4, -0.2) is 56.6 Å². The molecule has 1 fully saturated rings. The van der Waals surface area contributed by atoms with Gasteiger partial charge in [0.15, 0.2) is 5.49 Å². The van der Waals surface area contributed by atoms with Crippen LogP contribution >= 0.6 is 0 Å². The highest BCUT2D eigenvalue weighted by Gasteiger charge is 2.22. The summed E-state index contributed by atoms with van der Waals surface area (Å²) in [5.74, 6) is 1.08. The van der Waals surface area contributed by atoms with Crippen molar-refractivity contribution in [3.8, 4) is 0 Å². The van der Waals surface area contributed by atoms with E-state index in [4.69, 9.17) is 0 Å². The Hall–Kier alpha value is -1.62. The normalized spacial score (nSPS) is 18.1. The Morgan fingerprint density at radius 3 is 2.19 bits per heavy atom. The molecule has 1 aliphatic heterocycles. The molecule has 0 atom stereocenters. The second-order valence-corrected chi connectivity index (χ2v) is 6.65. The Morgan fingerprint density at radius 2 is 1.71 bits per heavy atom. The van der Waals surface area contributed by atoms with Gasteiger partial charge in [-0.15, -0.1) is 0 Å². The molecule has 2 rings (SSSR count). The molecule has 5 heteroatoms. The number of piperazine rings is 1. The first-order valence-electron chi connectivity index (χ1n) is 7.48. The molecule has 21 heavy (non-hydrogen) atoms. The average Bonchev–Trinajstić information content (AvgIpc) is 2.45. The molecule has 1 saturated heterocycles. The van der Waals surface area contributed by atoms with E-state index in [9.17, 15) is 0 Å². The van der Waals surface area contributed by atoms with Crippen LogP contribution in [0.2, 0.25) is 0 Å². The molecule has 0 saturated carbocycles. The number of pyridine rings is 1. The lowest BCUT2D eigenvalue weighted by molar-refractivity contribution is 0.311. The molecule has 1 aliphatic rings. The Morgan fingerprint density at radius 1 is 1.10 bits per heavy atom. The molecule has 1 aromatic rings. The van der Waals surface area contributed by atoms with Crippen molar-refractivity contribution in [2.75, 3.05) is 45.2 Å². The molecule has 116 valence electrons. The van der Waals surface area contributed by atoms with Crippen LogP contribution < -0.4 is 10.4 Å². The molecule has 5 nitrogen and oxygen atoms in total. The van der Waals surface area contributed by atoms with Crippen molar-refractivity contribution in [3.05, 3.63) is 23.2 Å². The van der Waals surface area contributed by atoms with E-state index in [0.717, 1.165) is 37.5 Å². The third kappa shape index (κ3) is 3.18. The van der Waals surface area contributed by atoms with Crippen LogP contribution in [0.25, 0.3) is 0 Å². The minimum Gasteiger partial charge on any atom is -0.354 e. The van der Waals surface area contributed by atoms with Gasteiger partial charge in [0, 0.05) is 45.5 Å². The summed E-state index contributed by atoms with van der Waals surface area (Å²) in [7, 11) is 3.98. The highest BCUT2D eigenvalue weighted by atomic mass is 15.4. The van der Waals surface area contributed by atoms with E-state index in [1.807, 2.05) is 11.7 Å². The zero-order valence-corrected chi connectivity index (χ0v) is 13.9. The van der Waals surface area contributed by atoms with Crippen LogP contribution in [0.15, 0.2) is 22.2 Å². The number of rotatable bonds is 2. The lowest BCUT2D eigenvalue weighted by Gasteiger charge is -2.35. The zero-order chi connectivity index (χ0) is 15.6. The smallest absolute Gasteiger partial charge is 0.154 e. The van der Waals surface area contributed by atoms with Gasteiger partial charge >= 0.3 is 0 Å². The van der Waals surface area contributed by atoms with E-state index >= 15 is 0 Å². The van der Waals surface area contributed by atoms with Gasteiger partial charge in [-0.05, 0) is 18.5 Å². The van der Waals surface area contributed by atoms with Crippen molar-refractivity contribution >= 4 is 12.5 Å². The average molecular weight is 289 g/mol. The summed E-state index contributed by atoms with van der Waals surface area (Å²) >= 11 is 0. The monoisotopic (exact) mass is 289 g/mol. The van der Waals surface area contributed by atoms with E-state index in [2.05, 4.69) is 66.6 Å². The summed E-state index contributed by atoms with van der Waals surface area (Å²) < 4.78 is 1.88. The van der Waals surface area contributed by atoms with Crippen LogP contribution in [0.1, 0.15) is 26.3 Å². The third-order valence-corrected chi connectivity index (χ3v) is 4.05.